The molecule has 0 aromatic carbocycles. The Bertz CT molecular complexity index is 107. The summed E-state index contributed by atoms with van der Waals surface area (Å²) >= 11 is 0. The van der Waals surface area contributed by atoms with Crippen LogP contribution in [0.25, 0.3) is 0 Å². The average molecular weight is 172 g/mol. The fourth-order valence-corrected chi connectivity index (χ4v) is 1.67. The van der Waals surface area contributed by atoms with Crippen LogP contribution in [0.1, 0.15) is 19.3 Å². The Balaban J connectivity index is 2.06. The second kappa shape index (κ2) is 5.51. The monoisotopic (exact) mass is 172 g/mol. The van der Waals surface area contributed by atoms with Crippen LogP contribution in [0.3, 0.4) is 0 Å². The molecule has 2 N–H and O–H groups in total. The maximum atomic E-state index is 8.92. The largest absolute Gasteiger partial charge is 0.395 e. The standard InChI is InChI=1S/C9H20N2O/c1-10-9(8-12)4-7-11-5-2-3-6-11/h9-10,12H,2-8H2,1H3. The minimum Gasteiger partial charge on any atom is -0.395 e. The number of hydrogen-bond donors (Lipinski definition) is 2. The number of aliphatic hydroxyl groups excluding tert-OH is 1. The summed E-state index contributed by atoms with van der Waals surface area (Å²) in [5.74, 6) is 0. The third kappa shape index (κ3) is 3.09. The molecule has 0 amide bonds. The summed E-state index contributed by atoms with van der Waals surface area (Å²) in [5, 5.41) is 12.0. The van der Waals surface area contributed by atoms with E-state index in [4.69, 9.17) is 5.11 Å². The molecule has 0 aromatic heterocycles. The third-order valence-electron chi connectivity index (χ3n) is 2.62. The van der Waals surface area contributed by atoms with E-state index in [1.807, 2.05) is 7.05 Å². The summed E-state index contributed by atoms with van der Waals surface area (Å²) in [7, 11) is 1.91. The topological polar surface area (TPSA) is 35.5 Å². The summed E-state index contributed by atoms with van der Waals surface area (Å²) in [5.41, 5.74) is 0. The molecule has 1 heterocycles. The van der Waals surface area contributed by atoms with Crippen molar-refractivity contribution >= 4 is 0 Å². The van der Waals surface area contributed by atoms with Crippen molar-refractivity contribution in [3.63, 3.8) is 0 Å². The van der Waals surface area contributed by atoms with Crippen LogP contribution < -0.4 is 5.32 Å². The van der Waals surface area contributed by atoms with Gasteiger partial charge in [-0.25, -0.2) is 0 Å². The van der Waals surface area contributed by atoms with Gasteiger partial charge >= 0.3 is 0 Å². The molecule has 0 aliphatic carbocycles. The van der Waals surface area contributed by atoms with Crippen molar-refractivity contribution in [3.05, 3.63) is 0 Å². The van der Waals surface area contributed by atoms with E-state index in [-0.39, 0.29) is 12.6 Å². The molecule has 0 spiro atoms. The van der Waals surface area contributed by atoms with Gasteiger partial charge in [0, 0.05) is 6.04 Å². The van der Waals surface area contributed by atoms with E-state index < -0.39 is 0 Å². The molecule has 3 nitrogen and oxygen atoms in total. The number of hydrogen-bond acceptors (Lipinski definition) is 3. The molecule has 1 saturated heterocycles. The van der Waals surface area contributed by atoms with Gasteiger partial charge in [0.2, 0.25) is 0 Å². The molecule has 1 atom stereocenters. The first-order valence-corrected chi connectivity index (χ1v) is 4.87. The van der Waals surface area contributed by atoms with Gasteiger partial charge in [-0.2, -0.15) is 0 Å². The predicted molar refractivity (Wildman–Crippen MR) is 50.2 cm³/mol. The molecule has 72 valence electrons. The Labute approximate surface area is 74.8 Å². The molecule has 12 heavy (non-hydrogen) atoms. The van der Waals surface area contributed by atoms with E-state index >= 15 is 0 Å². The van der Waals surface area contributed by atoms with E-state index in [0.717, 1.165) is 13.0 Å². The SMILES string of the molecule is CNC(CO)CCN1CCCC1. The van der Waals surface area contributed by atoms with Crippen LogP contribution in [-0.4, -0.2) is 49.3 Å². The normalized spacial score (nSPS) is 21.5. The first-order valence-electron chi connectivity index (χ1n) is 4.87. The zero-order valence-electron chi connectivity index (χ0n) is 7.92. The minimum atomic E-state index is 0.254. The lowest BCUT2D eigenvalue weighted by molar-refractivity contribution is 0.223. The zero-order valence-corrected chi connectivity index (χ0v) is 7.92. The first-order chi connectivity index (χ1) is 5.86. The van der Waals surface area contributed by atoms with Crippen LogP contribution in [0.5, 0.6) is 0 Å². The van der Waals surface area contributed by atoms with E-state index in [1.54, 1.807) is 0 Å². The van der Waals surface area contributed by atoms with Gasteiger partial charge in [0.25, 0.3) is 0 Å². The van der Waals surface area contributed by atoms with Crippen LogP contribution >= 0.6 is 0 Å². The average Bonchev–Trinajstić information content (AvgIpc) is 2.59. The predicted octanol–water partition coefficient (Wildman–Crippen LogP) is 0.0526. The third-order valence-corrected chi connectivity index (χ3v) is 2.62. The van der Waals surface area contributed by atoms with Crippen molar-refractivity contribution in [1.29, 1.82) is 0 Å². The fraction of sp³-hybridized carbons (Fsp3) is 1.00. The van der Waals surface area contributed by atoms with Crippen molar-refractivity contribution in [3.8, 4) is 0 Å². The van der Waals surface area contributed by atoms with E-state index in [1.165, 1.54) is 25.9 Å². The smallest absolute Gasteiger partial charge is 0.0585 e. The summed E-state index contributed by atoms with van der Waals surface area (Å²) in [6.07, 6.45) is 3.76. The second-order valence-electron chi connectivity index (χ2n) is 3.51. The van der Waals surface area contributed by atoms with Gasteiger partial charge in [-0.05, 0) is 45.9 Å². The van der Waals surface area contributed by atoms with Crippen LogP contribution in [-0.2, 0) is 0 Å². The lowest BCUT2D eigenvalue weighted by Crippen LogP contribution is -2.33. The van der Waals surface area contributed by atoms with E-state index in [9.17, 15) is 0 Å². The van der Waals surface area contributed by atoms with Gasteiger partial charge in [-0.3, -0.25) is 0 Å². The van der Waals surface area contributed by atoms with Gasteiger partial charge < -0.3 is 15.3 Å². The molecule has 3 heteroatoms. The van der Waals surface area contributed by atoms with Crippen molar-refractivity contribution in [2.75, 3.05) is 33.3 Å². The Kier molecular flexibility index (Phi) is 4.58. The van der Waals surface area contributed by atoms with Crippen LogP contribution in [0.4, 0.5) is 0 Å². The summed E-state index contributed by atoms with van der Waals surface area (Å²) in [4.78, 5) is 2.47. The minimum absolute atomic E-state index is 0.254. The Morgan fingerprint density at radius 3 is 2.58 bits per heavy atom. The molecule has 1 fully saturated rings. The van der Waals surface area contributed by atoms with Crippen LogP contribution in [0.15, 0.2) is 0 Å². The van der Waals surface area contributed by atoms with Crippen LogP contribution in [0, 0.1) is 0 Å². The Morgan fingerprint density at radius 2 is 2.08 bits per heavy atom. The van der Waals surface area contributed by atoms with Gasteiger partial charge in [0.05, 0.1) is 6.61 Å². The molecule has 1 unspecified atom stereocenters. The fourth-order valence-electron chi connectivity index (χ4n) is 1.67. The van der Waals surface area contributed by atoms with Crippen molar-refractivity contribution in [1.82, 2.24) is 10.2 Å². The number of nitrogens with zero attached hydrogens (tertiary/aromatic N) is 1. The summed E-state index contributed by atoms with van der Waals surface area (Å²) < 4.78 is 0. The molecule has 0 saturated carbocycles. The number of aliphatic hydroxyl groups is 1. The van der Waals surface area contributed by atoms with E-state index in [2.05, 4.69) is 10.2 Å². The van der Waals surface area contributed by atoms with Gasteiger partial charge in [0.15, 0.2) is 0 Å². The van der Waals surface area contributed by atoms with Gasteiger partial charge in [0.1, 0.15) is 0 Å². The zero-order chi connectivity index (χ0) is 8.81. The Hall–Kier alpha value is -0.120. The maximum Gasteiger partial charge on any atom is 0.0585 e. The lowest BCUT2D eigenvalue weighted by Gasteiger charge is -2.18. The van der Waals surface area contributed by atoms with Crippen LogP contribution in [0.2, 0.25) is 0 Å². The molecule has 0 radical (unpaired) electrons. The first kappa shape index (κ1) is 9.96. The molecule has 1 aliphatic rings. The van der Waals surface area contributed by atoms with Crippen molar-refractivity contribution < 1.29 is 5.11 Å². The molecule has 1 rings (SSSR count). The number of likely N-dealkylation sites (tertiary alicyclic amines) is 1. The van der Waals surface area contributed by atoms with Gasteiger partial charge in [-0.15, -0.1) is 0 Å². The molecule has 1 aliphatic heterocycles. The molecular formula is C9H20N2O. The van der Waals surface area contributed by atoms with Gasteiger partial charge in [-0.1, -0.05) is 0 Å². The molecular weight excluding hydrogens is 152 g/mol. The summed E-state index contributed by atoms with van der Waals surface area (Å²) in [6.45, 7) is 3.89. The van der Waals surface area contributed by atoms with Crippen molar-refractivity contribution in [2.45, 2.75) is 25.3 Å². The molecule has 0 bridgehead atoms. The number of nitrogens with one attached hydrogen (secondary N) is 1. The second-order valence-corrected chi connectivity index (χ2v) is 3.51. The van der Waals surface area contributed by atoms with Crippen molar-refractivity contribution in [2.24, 2.45) is 0 Å². The number of likely N-dealkylation sites (N-methyl/N-ethyl adjacent to an activating group) is 1. The highest BCUT2D eigenvalue weighted by Crippen LogP contribution is 2.08. The highest BCUT2D eigenvalue weighted by molar-refractivity contribution is 4.70. The number of rotatable bonds is 5. The van der Waals surface area contributed by atoms with E-state index in [0.29, 0.717) is 0 Å². The molecule has 0 aromatic rings. The Morgan fingerprint density at radius 1 is 1.42 bits per heavy atom. The summed E-state index contributed by atoms with van der Waals surface area (Å²) in [6, 6.07) is 0.283. The quantitative estimate of drug-likeness (QED) is 0.615. The highest BCUT2D eigenvalue weighted by atomic mass is 16.3. The lowest BCUT2D eigenvalue weighted by atomic mass is 10.2. The highest BCUT2D eigenvalue weighted by Gasteiger charge is 2.12. The maximum absolute atomic E-state index is 8.92.